The molecule has 0 aromatic heterocycles. The van der Waals surface area contributed by atoms with Crippen LogP contribution in [0.4, 0.5) is 4.79 Å². The van der Waals surface area contributed by atoms with Crippen molar-refractivity contribution in [1.29, 1.82) is 0 Å². The maximum absolute atomic E-state index is 12.9. The summed E-state index contributed by atoms with van der Waals surface area (Å²) in [7, 11) is -3.88. The Morgan fingerprint density at radius 1 is 1.26 bits per heavy atom. The van der Waals surface area contributed by atoms with Crippen molar-refractivity contribution in [3.8, 4) is 0 Å². The Morgan fingerprint density at radius 3 is 2.59 bits per heavy atom. The average molecular weight is 496 g/mol. The van der Waals surface area contributed by atoms with Crippen LogP contribution in [0.1, 0.15) is 24.8 Å². The molecule has 2 heterocycles. The molecule has 0 saturated carbocycles. The number of amides is 4. The van der Waals surface area contributed by atoms with E-state index in [0.717, 1.165) is 0 Å². The second-order valence-corrected chi connectivity index (χ2v) is 10.0. The summed E-state index contributed by atoms with van der Waals surface area (Å²) in [4.78, 5) is 49.3. The zero-order valence-corrected chi connectivity index (χ0v) is 19.3. The first kappa shape index (κ1) is 25.5. The first-order valence-corrected chi connectivity index (χ1v) is 12.0. The molecule has 1 aromatic carbocycles. The lowest BCUT2D eigenvalue weighted by Gasteiger charge is -2.31. The van der Waals surface area contributed by atoms with Gasteiger partial charge in [0.1, 0.15) is 12.6 Å². The molecule has 1 saturated heterocycles. The number of nitrogens with zero attached hydrogens (tertiary/aromatic N) is 1. The minimum Gasteiger partial charge on any atom is -0.434 e. The minimum absolute atomic E-state index is 0.0854. The smallest absolute Gasteiger partial charge is 0.422 e. The number of carbonyl (C=O) groups is 4. The first-order chi connectivity index (χ1) is 15.9. The molecule has 3 rings (SSSR count). The van der Waals surface area contributed by atoms with Crippen LogP contribution in [0.5, 0.6) is 0 Å². The van der Waals surface area contributed by atoms with Crippen LogP contribution in [-0.2, 0) is 29.1 Å². The van der Waals surface area contributed by atoms with Crippen molar-refractivity contribution in [2.24, 2.45) is 5.73 Å². The lowest BCUT2D eigenvalue weighted by atomic mass is 10.2. The second kappa shape index (κ2) is 10.0. The molecule has 2 unspecified atom stereocenters. The third-order valence-corrected chi connectivity index (χ3v) is 7.34. The van der Waals surface area contributed by atoms with Crippen molar-refractivity contribution in [2.45, 2.75) is 43.4 Å². The number of esters is 1. The Kier molecular flexibility index (Phi) is 7.51. The Morgan fingerprint density at radius 2 is 1.97 bits per heavy atom. The number of hydrogen-bond acceptors (Lipinski definition) is 8. The number of allylic oxidation sites excluding steroid dienone is 1. The van der Waals surface area contributed by atoms with Gasteiger partial charge in [0.05, 0.1) is 17.7 Å². The van der Waals surface area contributed by atoms with Crippen LogP contribution in [-0.4, -0.2) is 73.8 Å². The number of rotatable bonds is 7. The number of carbonyl (C=O) groups excluding carboxylic acids is 4. The summed E-state index contributed by atoms with van der Waals surface area (Å²) in [5.74, 6) is -2.10. The summed E-state index contributed by atoms with van der Waals surface area (Å²) in [6.45, 7) is 0.488. The van der Waals surface area contributed by atoms with Crippen molar-refractivity contribution < 1.29 is 41.9 Å². The summed E-state index contributed by atoms with van der Waals surface area (Å²) < 4.78 is 31.5. The monoisotopic (exact) mass is 495 g/mol. The van der Waals surface area contributed by atoms with E-state index in [9.17, 15) is 32.7 Å². The number of aliphatic hydroxyl groups is 1. The van der Waals surface area contributed by atoms with Crippen molar-refractivity contribution in [2.75, 3.05) is 19.6 Å². The molecule has 34 heavy (non-hydrogen) atoms. The van der Waals surface area contributed by atoms with E-state index in [1.54, 1.807) is 31.2 Å². The van der Waals surface area contributed by atoms with Crippen LogP contribution in [0.15, 0.2) is 40.8 Å². The normalized spacial score (nSPS) is 25.3. The van der Waals surface area contributed by atoms with Gasteiger partial charge in [0, 0.05) is 6.54 Å². The third-order valence-electron chi connectivity index (χ3n) is 5.78. The minimum atomic E-state index is -3.88. The maximum Gasteiger partial charge on any atom is 0.422 e. The van der Waals surface area contributed by atoms with Crippen molar-refractivity contribution in [3.63, 3.8) is 0 Å². The number of nitrogens with one attached hydrogen (secondary N) is 2. The molecule has 0 bridgehead atoms. The van der Waals surface area contributed by atoms with Gasteiger partial charge in [-0.2, -0.15) is 4.48 Å². The molecular formula is C21H27N4O8S+. The number of ether oxygens (including phenoxy) is 1. The molecule has 0 aliphatic carbocycles. The molecule has 1 fully saturated rings. The topological polar surface area (TPSA) is 182 Å². The highest BCUT2D eigenvalue weighted by Gasteiger charge is 2.47. The SMILES string of the molecule is Cc1ccccc1S(=O)(=O)NCC1=CCCC(=O)[N@@+](CC(=O)NC2CC(=O)OC2O)(C(N)=O)C1. The number of cyclic esters (lactones) is 1. The first-order valence-electron chi connectivity index (χ1n) is 10.6. The Hall–Kier alpha value is -3.13. The number of sulfonamides is 1. The molecule has 1 aromatic rings. The van der Waals surface area contributed by atoms with Gasteiger partial charge >= 0.3 is 17.9 Å². The van der Waals surface area contributed by atoms with Gasteiger partial charge in [0.25, 0.3) is 5.91 Å². The predicted octanol–water partition coefficient (Wildman–Crippen LogP) is -0.834. The van der Waals surface area contributed by atoms with Crippen LogP contribution in [0, 0.1) is 6.92 Å². The Balaban J connectivity index is 1.76. The quantitative estimate of drug-likeness (QED) is 0.215. The van der Waals surface area contributed by atoms with E-state index in [-0.39, 0.29) is 37.2 Å². The number of urea groups is 1. The standard InChI is InChI=1S/C21H26N4O8S/c1-13-5-2-3-7-16(13)34(31,32)23-10-14-6-4-8-18(27)25(11-14,21(22)30)12-17(26)24-15-9-19(28)33-20(15)29/h2-3,5-7,15,20,23,29H,4,8-12H2,1H3,(H2-,22,24,26,30)/p+1/t15?,20?,25-/m1/s1. The molecule has 4 amide bonds. The van der Waals surface area contributed by atoms with E-state index in [1.165, 1.54) is 6.07 Å². The number of hydrogen-bond donors (Lipinski definition) is 4. The highest BCUT2D eigenvalue weighted by Crippen LogP contribution is 2.22. The van der Waals surface area contributed by atoms with Gasteiger partial charge < -0.3 is 20.9 Å². The summed E-state index contributed by atoms with van der Waals surface area (Å²) >= 11 is 0. The van der Waals surface area contributed by atoms with Crippen LogP contribution in [0.3, 0.4) is 0 Å². The van der Waals surface area contributed by atoms with Gasteiger partial charge in [0.2, 0.25) is 16.3 Å². The lowest BCUT2D eigenvalue weighted by Crippen LogP contribution is -2.64. The second-order valence-electron chi connectivity index (χ2n) is 8.27. The summed E-state index contributed by atoms with van der Waals surface area (Å²) in [6, 6.07) is 4.33. The fraction of sp³-hybridized carbons (Fsp3) is 0.429. The molecule has 2 aliphatic rings. The van der Waals surface area contributed by atoms with Gasteiger partial charge in [-0.1, -0.05) is 24.3 Å². The summed E-state index contributed by atoms with van der Waals surface area (Å²) in [6.07, 6.45) is -0.00330. The lowest BCUT2D eigenvalue weighted by molar-refractivity contribution is -0.758. The van der Waals surface area contributed by atoms with E-state index in [1.807, 2.05) is 0 Å². The number of imide groups is 1. The Bertz CT molecular complexity index is 1150. The van der Waals surface area contributed by atoms with Crippen LogP contribution < -0.4 is 15.8 Å². The van der Waals surface area contributed by atoms with Crippen molar-refractivity contribution in [1.82, 2.24) is 10.0 Å². The van der Waals surface area contributed by atoms with Gasteiger partial charge in [0.15, 0.2) is 6.54 Å². The zero-order valence-electron chi connectivity index (χ0n) is 18.5. The maximum atomic E-state index is 12.9. The van der Waals surface area contributed by atoms with Gasteiger partial charge in [-0.3, -0.25) is 9.59 Å². The molecule has 5 N–H and O–H groups in total. The number of benzene rings is 1. The van der Waals surface area contributed by atoms with Gasteiger partial charge in [-0.15, -0.1) is 0 Å². The largest absolute Gasteiger partial charge is 0.434 e. The molecule has 0 radical (unpaired) electrons. The molecule has 184 valence electrons. The summed E-state index contributed by atoms with van der Waals surface area (Å²) in [5.41, 5.74) is 6.52. The number of primary amides is 1. The molecule has 2 aliphatic heterocycles. The molecule has 0 spiro atoms. The third kappa shape index (κ3) is 5.50. The van der Waals surface area contributed by atoms with E-state index in [0.29, 0.717) is 11.1 Å². The molecular weight excluding hydrogens is 468 g/mol. The highest BCUT2D eigenvalue weighted by molar-refractivity contribution is 7.89. The molecule has 3 atom stereocenters. The highest BCUT2D eigenvalue weighted by atomic mass is 32.2. The van der Waals surface area contributed by atoms with Crippen LogP contribution >= 0.6 is 0 Å². The number of aliphatic hydroxyl groups excluding tert-OH is 1. The van der Waals surface area contributed by atoms with Crippen molar-refractivity contribution >= 4 is 33.8 Å². The molecule has 13 heteroatoms. The number of nitrogens with two attached hydrogens (primary N) is 1. The predicted molar refractivity (Wildman–Crippen MR) is 117 cm³/mol. The van der Waals surface area contributed by atoms with E-state index >= 15 is 0 Å². The molecule has 12 nitrogen and oxygen atoms in total. The van der Waals surface area contributed by atoms with Crippen molar-refractivity contribution in [3.05, 3.63) is 41.5 Å². The Labute approximate surface area is 196 Å². The van der Waals surface area contributed by atoms with Gasteiger partial charge in [-0.05, 0) is 30.5 Å². The van der Waals surface area contributed by atoms with E-state index < -0.39 is 57.2 Å². The van der Waals surface area contributed by atoms with Crippen LogP contribution in [0.25, 0.3) is 0 Å². The average Bonchev–Trinajstić information content (AvgIpc) is 2.97. The number of aryl methyl sites for hydroxylation is 1. The fourth-order valence-corrected chi connectivity index (χ4v) is 5.23. The van der Waals surface area contributed by atoms with E-state index in [2.05, 4.69) is 14.8 Å². The summed E-state index contributed by atoms with van der Waals surface area (Å²) in [5, 5.41) is 12.1. The van der Waals surface area contributed by atoms with Crippen LogP contribution in [0.2, 0.25) is 0 Å². The van der Waals surface area contributed by atoms with E-state index in [4.69, 9.17) is 5.73 Å². The zero-order chi connectivity index (χ0) is 25.1. The van der Waals surface area contributed by atoms with Gasteiger partial charge in [-0.25, -0.2) is 22.7 Å². The number of quaternary nitrogens is 1. The fourth-order valence-electron chi connectivity index (χ4n) is 3.95.